The number of ketones is 1. The first-order chi connectivity index (χ1) is 12.3. The number of hydrogen-bond acceptors (Lipinski definition) is 5. The van der Waals surface area contributed by atoms with Crippen molar-refractivity contribution in [1.82, 2.24) is 5.06 Å². The molecule has 1 atom stereocenters. The highest BCUT2D eigenvalue weighted by molar-refractivity contribution is 6.02. The predicted molar refractivity (Wildman–Crippen MR) is 91.7 cm³/mol. The minimum absolute atomic E-state index is 0.0631. The summed E-state index contributed by atoms with van der Waals surface area (Å²) in [5, 5.41) is 1.33. The van der Waals surface area contributed by atoms with E-state index in [1.807, 2.05) is 6.07 Å². The molecule has 0 aromatic heterocycles. The van der Waals surface area contributed by atoms with E-state index < -0.39 is 6.11 Å². The number of carbonyl (C=O) groups excluding carboxylic acids is 1. The van der Waals surface area contributed by atoms with Crippen LogP contribution in [0.5, 0.6) is 11.5 Å². The zero-order chi connectivity index (χ0) is 18.9. The van der Waals surface area contributed by atoms with Gasteiger partial charge in [0, 0.05) is 31.5 Å². The summed E-state index contributed by atoms with van der Waals surface area (Å²) in [5.74, 6) is 1.61. The smallest absolute Gasteiger partial charge is 0.368 e. The number of carbonyl (C=O) groups is 1. The molecule has 1 aromatic rings. The molecule has 0 radical (unpaired) electrons. The number of hydroxylamine groups is 2. The third kappa shape index (κ3) is 4.15. The van der Waals surface area contributed by atoms with Gasteiger partial charge in [0.1, 0.15) is 0 Å². The molecule has 1 aromatic carbocycles. The molecule has 3 rings (SSSR count). The Hall–Kier alpha value is -1.73. The van der Waals surface area contributed by atoms with E-state index >= 15 is 0 Å². The van der Waals surface area contributed by atoms with Crippen LogP contribution in [-0.4, -0.2) is 44.3 Å². The van der Waals surface area contributed by atoms with Crippen LogP contribution >= 0.6 is 0 Å². The molecule has 5 nitrogen and oxygen atoms in total. The lowest BCUT2D eigenvalue weighted by Crippen LogP contribution is -2.39. The Morgan fingerprint density at radius 3 is 2.35 bits per heavy atom. The Labute approximate surface area is 152 Å². The molecule has 1 unspecified atom stereocenters. The van der Waals surface area contributed by atoms with E-state index in [9.17, 15) is 13.6 Å². The molecule has 0 amide bonds. The molecule has 1 aliphatic carbocycles. The summed E-state index contributed by atoms with van der Waals surface area (Å²) in [5.41, 5.74) is 1.70. The molecule has 144 valence electrons. The average Bonchev–Trinajstić information content (AvgIpc) is 2.89. The van der Waals surface area contributed by atoms with E-state index in [2.05, 4.69) is 4.84 Å². The Morgan fingerprint density at radius 1 is 1.15 bits per heavy atom. The van der Waals surface area contributed by atoms with Gasteiger partial charge in [-0.3, -0.25) is 4.79 Å². The van der Waals surface area contributed by atoms with Crippen molar-refractivity contribution in [2.45, 2.75) is 38.7 Å². The minimum atomic E-state index is -3.14. The van der Waals surface area contributed by atoms with Gasteiger partial charge in [0.2, 0.25) is 0 Å². The van der Waals surface area contributed by atoms with Crippen LogP contribution in [0.3, 0.4) is 0 Å². The fourth-order valence-corrected chi connectivity index (χ4v) is 3.95. The Morgan fingerprint density at radius 2 is 1.77 bits per heavy atom. The summed E-state index contributed by atoms with van der Waals surface area (Å²) in [4.78, 5) is 17.4. The second-order valence-electron chi connectivity index (χ2n) is 7.14. The van der Waals surface area contributed by atoms with Gasteiger partial charge in [-0.1, -0.05) is 0 Å². The van der Waals surface area contributed by atoms with E-state index in [1.54, 1.807) is 20.3 Å². The van der Waals surface area contributed by atoms with Gasteiger partial charge in [0.15, 0.2) is 17.3 Å². The zero-order valence-corrected chi connectivity index (χ0v) is 15.4. The van der Waals surface area contributed by atoms with Crippen LogP contribution in [0.4, 0.5) is 8.78 Å². The number of ether oxygens (including phenoxy) is 2. The van der Waals surface area contributed by atoms with Gasteiger partial charge < -0.3 is 9.47 Å². The van der Waals surface area contributed by atoms with Crippen molar-refractivity contribution in [2.24, 2.45) is 11.8 Å². The summed E-state index contributed by atoms with van der Waals surface area (Å²) in [6.45, 7) is 1.67. The van der Waals surface area contributed by atoms with Crippen LogP contribution in [0.25, 0.3) is 0 Å². The highest BCUT2D eigenvalue weighted by Crippen LogP contribution is 2.39. The van der Waals surface area contributed by atoms with E-state index in [4.69, 9.17) is 9.47 Å². The quantitative estimate of drug-likeness (QED) is 0.765. The third-order valence-electron chi connectivity index (χ3n) is 5.19. The first-order valence-electron chi connectivity index (χ1n) is 8.91. The lowest BCUT2D eigenvalue weighted by Gasteiger charge is -2.33. The summed E-state index contributed by atoms with van der Waals surface area (Å²) in [6.07, 6.45) is -0.174. The van der Waals surface area contributed by atoms with Gasteiger partial charge in [0.25, 0.3) is 0 Å². The van der Waals surface area contributed by atoms with Gasteiger partial charge in [-0.05, 0) is 49.3 Å². The Balaban J connectivity index is 1.60. The molecular formula is C19H25F2NO4. The number of fused-ring (bicyclic) bond motifs is 1. The molecule has 0 saturated carbocycles. The number of halogens is 2. The molecule has 1 saturated heterocycles. The van der Waals surface area contributed by atoms with Crippen molar-refractivity contribution >= 4 is 5.78 Å². The van der Waals surface area contributed by atoms with Gasteiger partial charge in [-0.2, -0.15) is 13.8 Å². The molecule has 2 aliphatic rings. The summed E-state index contributed by atoms with van der Waals surface area (Å²) >= 11 is 0. The second-order valence-corrected chi connectivity index (χ2v) is 7.14. The highest BCUT2D eigenvalue weighted by Gasteiger charge is 2.35. The van der Waals surface area contributed by atoms with Crippen molar-refractivity contribution < 1.29 is 27.9 Å². The number of piperidine rings is 1. The normalized spacial score (nSPS) is 21.7. The predicted octanol–water partition coefficient (Wildman–Crippen LogP) is 3.71. The number of benzene rings is 1. The highest BCUT2D eigenvalue weighted by atomic mass is 19.3. The maximum absolute atomic E-state index is 12.9. The second kappa shape index (κ2) is 7.48. The maximum Gasteiger partial charge on any atom is 0.368 e. The molecular weight excluding hydrogens is 344 g/mol. The van der Waals surface area contributed by atoms with Crippen LogP contribution in [0, 0.1) is 11.8 Å². The zero-order valence-electron chi connectivity index (χ0n) is 15.4. The van der Waals surface area contributed by atoms with Crippen molar-refractivity contribution in [2.75, 3.05) is 27.3 Å². The number of nitrogens with zero attached hydrogens (tertiary/aromatic N) is 1. The first-order valence-corrected chi connectivity index (χ1v) is 8.91. The molecule has 26 heavy (non-hydrogen) atoms. The largest absolute Gasteiger partial charge is 0.493 e. The molecule has 1 fully saturated rings. The van der Waals surface area contributed by atoms with Gasteiger partial charge in [0.05, 0.1) is 14.2 Å². The van der Waals surface area contributed by atoms with Crippen molar-refractivity contribution in [3.8, 4) is 11.5 Å². The molecule has 0 bridgehead atoms. The van der Waals surface area contributed by atoms with Gasteiger partial charge >= 0.3 is 6.11 Å². The van der Waals surface area contributed by atoms with Gasteiger partial charge in [-0.25, -0.2) is 4.84 Å². The van der Waals surface area contributed by atoms with E-state index in [0.29, 0.717) is 42.5 Å². The van der Waals surface area contributed by atoms with Crippen LogP contribution in [0.15, 0.2) is 12.1 Å². The molecule has 7 heteroatoms. The SMILES string of the molecule is COc1cc2c(cc1OC)C(=O)C(CC1CCN(OC(C)(F)F)CC1)C2. The summed E-state index contributed by atoms with van der Waals surface area (Å²) < 4.78 is 36.5. The topological polar surface area (TPSA) is 48.0 Å². The number of Topliss-reactive ketones (excluding diaryl/α,β-unsaturated/α-hetero) is 1. The van der Waals surface area contributed by atoms with Crippen LogP contribution in [-0.2, 0) is 11.3 Å². The fourth-order valence-electron chi connectivity index (χ4n) is 3.95. The maximum atomic E-state index is 12.9. The summed E-state index contributed by atoms with van der Waals surface area (Å²) in [7, 11) is 3.13. The lowest BCUT2D eigenvalue weighted by molar-refractivity contribution is -0.350. The molecule has 1 aliphatic heterocycles. The van der Waals surface area contributed by atoms with Crippen LogP contribution < -0.4 is 9.47 Å². The third-order valence-corrected chi connectivity index (χ3v) is 5.19. The van der Waals surface area contributed by atoms with E-state index in [-0.39, 0.29) is 11.7 Å². The lowest BCUT2D eigenvalue weighted by atomic mass is 9.86. The minimum Gasteiger partial charge on any atom is -0.493 e. The Kier molecular flexibility index (Phi) is 5.48. The van der Waals surface area contributed by atoms with Crippen molar-refractivity contribution in [3.05, 3.63) is 23.3 Å². The van der Waals surface area contributed by atoms with Crippen LogP contribution in [0.1, 0.15) is 42.1 Å². The standard InChI is InChI=1S/C19H25F2NO4/c1-19(20,21)26-22-6-4-12(5-7-22)8-14-9-13-10-16(24-2)17(25-3)11-15(13)18(14)23/h10-12,14H,4-9H2,1-3H3. The number of methoxy groups -OCH3 is 2. The van der Waals surface area contributed by atoms with E-state index in [1.165, 1.54) is 5.06 Å². The van der Waals surface area contributed by atoms with Crippen molar-refractivity contribution in [3.63, 3.8) is 0 Å². The molecule has 1 heterocycles. The number of hydrogen-bond donors (Lipinski definition) is 0. The molecule has 0 spiro atoms. The number of alkyl halides is 2. The first kappa shape index (κ1) is 19.0. The van der Waals surface area contributed by atoms with Crippen LogP contribution in [0.2, 0.25) is 0 Å². The monoisotopic (exact) mass is 369 g/mol. The summed E-state index contributed by atoms with van der Waals surface area (Å²) in [6, 6.07) is 3.64. The van der Waals surface area contributed by atoms with E-state index in [0.717, 1.165) is 31.7 Å². The Bertz CT molecular complexity index is 666. The molecule has 0 N–H and O–H groups in total. The fraction of sp³-hybridized carbons (Fsp3) is 0.632. The van der Waals surface area contributed by atoms with Crippen molar-refractivity contribution in [1.29, 1.82) is 0 Å². The average molecular weight is 369 g/mol. The number of rotatable bonds is 6. The van der Waals surface area contributed by atoms with Gasteiger partial charge in [-0.15, -0.1) is 0 Å².